The fourth-order valence-electron chi connectivity index (χ4n) is 4.19. The number of hydrogen-bond acceptors (Lipinski definition) is 5. The van der Waals surface area contributed by atoms with Gasteiger partial charge in [0, 0.05) is 37.9 Å². The molecule has 2 aromatic rings. The van der Waals surface area contributed by atoms with Gasteiger partial charge in [-0.2, -0.15) is 0 Å². The number of hydrogen-bond donors (Lipinski definition) is 0. The lowest BCUT2D eigenvalue weighted by molar-refractivity contribution is 0.187. The van der Waals surface area contributed by atoms with E-state index in [-0.39, 0.29) is 0 Å². The van der Waals surface area contributed by atoms with Crippen LogP contribution in [-0.4, -0.2) is 48.3 Å². The fraction of sp³-hybridized carbons (Fsp3) is 0.600. The van der Waals surface area contributed by atoms with E-state index in [0.29, 0.717) is 11.8 Å². The van der Waals surface area contributed by atoms with Crippen molar-refractivity contribution in [2.24, 2.45) is 0 Å². The lowest BCUT2D eigenvalue weighted by atomic mass is 9.94. The van der Waals surface area contributed by atoms with E-state index >= 15 is 0 Å². The summed E-state index contributed by atoms with van der Waals surface area (Å²) in [4.78, 5) is 4.74. The third-order valence-electron chi connectivity index (χ3n) is 5.73. The van der Waals surface area contributed by atoms with Crippen LogP contribution in [0.4, 0.5) is 5.69 Å². The van der Waals surface area contributed by atoms with Gasteiger partial charge >= 0.3 is 0 Å². The van der Waals surface area contributed by atoms with Crippen molar-refractivity contribution >= 4 is 5.69 Å². The maximum absolute atomic E-state index is 6.03. The number of rotatable bonds is 4. The van der Waals surface area contributed by atoms with Crippen molar-refractivity contribution in [1.82, 2.24) is 15.1 Å². The van der Waals surface area contributed by atoms with Crippen molar-refractivity contribution in [1.29, 1.82) is 0 Å². The Morgan fingerprint density at radius 1 is 1.00 bits per heavy atom. The van der Waals surface area contributed by atoms with Gasteiger partial charge in [-0.05, 0) is 50.1 Å². The monoisotopic (exact) mass is 340 g/mol. The van der Waals surface area contributed by atoms with Gasteiger partial charge in [-0.3, -0.25) is 4.90 Å². The molecule has 0 N–H and O–H groups in total. The third kappa shape index (κ3) is 3.56. The van der Waals surface area contributed by atoms with E-state index in [2.05, 4.69) is 44.3 Å². The Morgan fingerprint density at radius 2 is 1.76 bits per heavy atom. The van der Waals surface area contributed by atoms with Crippen LogP contribution in [0.5, 0.6) is 0 Å². The average molecular weight is 340 g/mol. The van der Waals surface area contributed by atoms with Gasteiger partial charge in [0.25, 0.3) is 0 Å². The number of likely N-dealkylation sites (tertiary alicyclic amines) is 1. The molecule has 134 valence electrons. The lowest BCUT2D eigenvalue weighted by Crippen LogP contribution is -2.34. The molecule has 1 saturated heterocycles. The quantitative estimate of drug-likeness (QED) is 0.844. The second-order valence-corrected chi connectivity index (χ2v) is 7.66. The van der Waals surface area contributed by atoms with Crippen LogP contribution in [0.15, 0.2) is 28.7 Å². The first-order valence-corrected chi connectivity index (χ1v) is 9.56. The van der Waals surface area contributed by atoms with Crippen LogP contribution in [-0.2, 0) is 0 Å². The van der Waals surface area contributed by atoms with Crippen LogP contribution >= 0.6 is 0 Å². The Balaban J connectivity index is 1.42. The molecular weight excluding hydrogens is 312 g/mol. The predicted molar refractivity (Wildman–Crippen MR) is 99.9 cm³/mol. The zero-order valence-corrected chi connectivity index (χ0v) is 15.3. The van der Waals surface area contributed by atoms with Gasteiger partial charge in [-0.25, -0.2) is 0 Å². The first kappa shape index (κ1) is 16.6. The van der Waals surface area contributed by atoms with Crippen LogP contribution in [0.1, 0.15) is 50.3 Å². The van der Waals surface area contributed by atoms with E-state index in [0.717, 1.165) is 30.5 Å². The molecule has 0 amide bonds. The first-order chi connectivity index (χ1) is 12.2. The van der Waals surface area contributed by atoms with E-state index < -0.39 is 0 Å². The molecule has 2 heterocycles. The Bertz CT molecular complexity index is 688. The lowest BCUT2D eigenvalue weighted by Gasteiger charge is -2.30. The normalized spacial score (nSPS) is 22.4. The van der Waals surface area contributed by atoms with Gasteiger partial charge in [0.2, 0.25) is 11.8 Å². The summed E-state index contributed by atoms with van der Waals surface area (Å²) in [5, 5.41) is 8.65. The van der Waals surface area contributed by atoms with Gasteiger partial charge in [-0.1, -0.05) is 19.3 Å². The Labute approximate surface area is 150 Å². The number of benzene rings is 1. The minimum atomic E-state index is 0.393. The molecule has 5 nitrogen and oxygen atoms in total. The average Bonchev–Trinajstić information content (AvgIpc) is 3.32. The standard InChI is InChI=1S/C20H28N4O/c1-23(2)17-10-8-15(9-11-17)19-21-22-20(25-19)16-12-13-24(14-16)18-6-4-3-5-7-18/h8-11,16,18H,3-7,12-14H2,1-2H3. The largest absolute Gasteiger partial charge is 0.420 e. The molecule has 1 atom stereocenters. The summed E-state index contributed by atoms with van der Waals surface area (Å²) in [6.45, 7) is 2.25. The number of nitrogens with zero attached hydrogens (tertiary/aromatic N) is 4. The number of aromatic nitrogens is 2. The highest BCUT2D eigenvalue weighted by atomic mass is 16.4. The van der Waals surface area contributed by atoms with Crippen molar-refractivity contribution in [3.05, 3.63) is 30.2 Å². The van der Waals surface area contributed by atoms with Gasteiger partial charge in [0.15, 0.2) is 0 Å². The van der Waals surface area contributed by atoms with Crippen LogP contribution in [0.3, 0.4) is 0 Å². The van der Waals surface area contributed by atoms with Crippen LogP contribution in [0, 0.1) is 0 Å². The molecule has 1 aromatic carbocycles. The van der Waals surface area contributed by atoms with Crippen LogP contribution in [0.2, 0.25) is 0 Å². The summed E-state index contributed by atoms with van der Waals surface area (Å²) in [5.74, 6) is 1.84. The summed E-state index contributed by atoms with van der Waals surface area (Å²) in [5.41, 5.74) is 2.16. The van der Waals surface area contributed by atoms with Gasteiger partial charge in [0.05, 0.1) is 5.92 Å². The molecule has 1 aromatic heterocycles. The van der Waals surface area contributed by atoms with Crippen LogP contribution < -0.4 is 4.90 Å². The zero-order valence-electron chi connectivity index (χ0n) is 15.3. The maximum Gasteiger partial charge on any atom is 0.247 e. The van der Waals surface area contributed by atoms with Gasteiger partial charge in [-0.15, -0.1) is 10.2 Å². The molecule has 1 aliphatic heterocycles. The fourth-order valence-corrected chi connectivity index (χ4v) is 4.19. The molecule has 5 heteroatoms. The summed E-state index contributed by atoms with van der Waals surface area (Å²) >= 11 is 0. The molecule has 2 fully saturated rings. The van der Waals surface area contributed by atoms with Crippen molar-refractivity contribution in [3.8, 4) is 11.5 Å². The van der Waals surface area contributed by atoms with E-state index in [1.165, 1.54) is 44.3 Å². The molecule has 0 spiro atoms. The molecule has 0 bridgehead atoms. The molecule has 1 aliphatic carbocycles. The van der Waals surface area contributed by atoms with Gasteiger partial charge in [0.1, 0.15) is 0 Å². The van der Waals surface area contributed by atoms with E-state index in [4.69, 9.17) is 4.42 Å². The minimum Gasteiger partial charge on any atom is -0.420 e. The summed E-state index contributed by atoms with van der Waals surface area (Å²) in [7, 11) is 4.08. The van der Waals surface area contributed by atoms with E-state index in [1.807, 2.05) is 14.1 Å². The molecular formula is C20H28N4O. The Hall–Kier alpha value is -1.88. The van der Waals surface area contributed by atoms with Crippen molar-refractivity contribution in [2.75, 3.05) is 32.1 Å². The van der Waals surface area contributed by atoms with Crippen molar-refractivity contribution in [3.63, 3.8) is 0 Å². The highest BCUT2D eigenvalue weighted by molar-refractivity contribution is 5.58. The van der Waals surface area contributed by atoms with E-state index in [1.54, 1.807) is 0 Å². The molecule has 1 unspecified atom stereocenters. The Morgan fingerprint density at radius 3 is 2.48 bits per heavy atom. The number of anilines is 1. The highest BCUT2D eigenvalue weighted by Gasteiger charge is 2.32. The topological polar surface area (TPSA) is 45.4 Å². The van der Waals surface area contributed by atoms with Gasteiger partial charge < -0.3 is 9.32 Å². The van der Waals surface area contributed by atoms with Crippen molar-refractivity contribution < 1.29 is 4.42 Å². The zero-order chi connectivity index (χ0) is 17.2. The molecule has 0 radical (unpaired) electrons. The summed E-state index contributed by atoms with van der Waals surface area (Å²) < 4.78 is 6.03. The summed E-state index contributed by atoms with van der Waals surface area (Å²) in [6.07, 6.45) is 8.05. The molecule has 2 aliphatic rings. The SMILES string of the molecule is CN(C)c1ccc(-c2nnc(C3CCN(C4CCCCC4)C3)o2)cc1. The maximum atomic E-state index is 6.03. The first-order valence-electron chi connectivity index (χ1n) is 9.56. The molecule has 4 rings (SSSR count). The smallest absolute Gasteiger partial charge is 0.247 e. The third-order valence-corrected chi connectivity index (χ3v) is 5.73. The molecule has 25 heavy (non-hydrogen) atoms. The Kier molecular flexibility index (Phi) is 4.75. The molecule has 1 saturated carbocycles. The van der Waals surface area contributed by atoms with Crippen LogP contribution in [0.25, 0.3) is 11.5 Å². The van der Waals surface area contributed by atoms with Crippen molar-refractivity contribution in [2.45, 2.75) is 50.5 Å². The minimum absolute atomic E-state index is 0.393. The second kappa shape index (κ2) is 7.16. The summed E-state index contributed by atoms with van der Waals surface area (Å²) in [6, 6.07) is 9.05. The predicted octanol–water partition coefficient (Wildman–Crippen LogP) is 3.92. The second-order valence-electron chi connectivity index (χ2n) is 7.66. The van der Waals surface area contributed by atoms with E-state index in [9.17, 15) is 0 Å². The highest BCUT2D eigenvalue weighted by Crippen LogP contribution is 2.33.